The van der Waals surface area contributed by atoms with E-state index in [1.165, 1.54) is 14.7 Å². The van der Waals surface area contributed by atoms with Crippen molar-refractivity contribution >= 4 is 47.2 Å². The van der Waals surface area contributed by atoms with Gasteiger partial charge in [-0.1, -0.05) is 55.5 Å². The lowest BCUT2D eigenvalue weighted by Crippen LogP contribution is -2.62. The number of nitrogens with zero attached hydrogens (tertiary/aromatic N) is 3. The van der Waals surface area contributed by atoms with Crippen molar-refractivity contribution in [2.24, 2.45) is 5.92 Å². The van der Waals surface area contributed by atoms with E-state index in [1.54, 1.807) is 61.5 Å². The SMILES string of the molecule is CC1CC2C(=O)OCC(NC(=O)C(Cc3ccccc3)NC(=O)Nc3ccccc3)C(=O)N3CCCC3C(=O)N3CCCCC3C(=O)NC(C)C(=O)N2C1. The zero-order valence-corrected chi connectivity index (χ0v) is 30.7. The molecule has 54 heavy (non-hydrogen) atoms. The number of anilines is 1. The first-order valence-electron chi connectivity index (χ1n) is 18.9. The van der Waals surface area contributed by atoms with E-state index in [0.717, 1.165) is 5.56 Å². The molecule has 0 spiro atoms. The summed E-state index contributed by atoms with van der Waals surface area (Å²) >= 11 is 0. The summed E-state index contributed by atoms with van der Waals surface area (Å²) in [5.41, 5.74) is 1.25. The third kappa shape index (κ3) is 8.83. The average molecular weight is 744 g/mol. The van der Waals surface area contributed by atoms with Crippen LogP contribution in [0.3, 0.4) is 0 Å². The fourth-order valence-corrected chi connectivity index (χ4v) is 7.89. The van der Waals surface area contributed by atoms with Gasteiger partial charge in [0.15, 0.2) is 0 Å². The fraction of sp³-hybridized carbons (Fsp3) is 0.513. The highest BCUT2D eigenvalue weighted by atomic mass is 16.5. The molecule has 15 nitrogen and oxygen atoms in total. The Balaban J connectivity index is 1.30. The molecule has 4 saturated heterocycles. The van der Waals surface area contributed by atoms with Gasteiger partial charge in [-0.05, 0) is 69.1 Å². The second-order valence-corrected chi connectivity index (χ2v) is 14.7. The smallest absolute Gasteiger partial charge is 0.328 e. The number of para-hydroxylation sites is 1. The molecular formula is C39H49N7O8. The molecule has 0 aliphatic carbocycles. The van der Waals surface area contributed by atoms with E-state index in [0.29, 0.717) is 50.8 Å². The average Bonchev–Trinajstić information content (AvgIpc) is 3.83. The van der Waals surface area contributed by atoms with Crippen molar-refractivity contribution in [3.63, 3.8) is 0 Å². The maximum absolute atomic E-state index is 14.5. The summed E-state index contributed by atoms with van der Waals surface area (Å²) in [6.45, 7) is 3.69. The Morgan fingerprint density at radius 2 is 1.46 bits per heavy atom. The van der Waals surface area contributed by atoms with Crippen molar-refractivity contribution < 1.29 is 38.3 Å². The number of piperidine rings is 1. The van der Waals surface area contributed by atoms with Gasteiger partial charge in [0.1, 0.15) is 42.9 Å². The van der Waals surface area contributed by atoms with Crippen LogP contribution in [0.2, 0.25) is 0 Å². The van der Waals surface area contributed by atoms with Gasteiger partial charge in [0.2, 0.25) is 29.5 Å². The van der Waals surface area contributed by atoms with Crippen LogP contribution in [0.1, 0.15) is 57.9 Å². The van der Waals surface area contributed by atoms with Crippen LogP contribution in [0.15, 0.2) is 60.7 Å². The summed E-state index contributed by atoms with van der Waals surface area (Å²) in [6, 6.07) is 10.9. The number of nitrogens with one attached hydrogen (secondary N) is 4. The van der Waals surface area contributed by atoms with Crippen LogP contribution in [0.25, 0.3) is 0 Å². The van der Waals surface area contributed by atoms with Crippen molar-refractivity contribution in [2.45, 2.75) is 95.0 Å². The third-order valence-corrected chi connectivity index (χ3v) is 10.6. The largest absolute Gasteiger partial charge is 0.461 e. The van der Waals surface area contributed by atoms with Gasteiger partial charge in [0.05, 0.1) is 0 Å². The molecule has 0 aromatic heterocycles. The molecule has 7 unspecified atom stereocenters. The number of cyclic esters (lactones) is 1. The topological polar surface area (TPSA) is 187 Å². The number of ether oxygens (including phenoxy) is 1. The maximum atomic E-state index is 14.5. The maximum Gasteiger partial charge on any atom is 0.328 e. The third-order valence-electron chi connectivity index (χ3n) is 10.6. The molecule has 15 heteroatoms. The first kappa shape index (κ1) is 38.3. The van der Waals surface area contributed by atoms with E-state index in [-0.39, 0.29) is 31.3 Å². The van der Waals surface area contributed by atoms with Crippen molar-refractivity contribution in [1.82, 2.24) is 30.7 Å². The lowest BCUT2D eigenvalue weighted by molar-refractivity contribution is -0.158. The Morgan fingerprint density at radius 3 is 2.20 bits per heavy atom. The van der Waals surface area contributed by atoms with Crippen molar-refractivity contribution in [3.05, 3.63) is 66.2 Å². The Labute approximate surface area is 314 Å². The van der Waals surface area contributed by atoms with Gasteiger partial charge in [-0.15, -0.1) is 0 Å². The molecule has 0 saturated carbocycles. The minimum Gasteiger partial charge on any atom is -0.461 e. The highest BCUT2D eigenvalue weighted by molar-refractivity contribution is 5.98. The van der Waals surface area contributed by atoms with E-state index in [2.05, 4.69) is 21.3 Å². The van der Waals surface area contributed by atoms with Crippen LogP contribution in [0.5, 0.6) is 0 Å². The number of carbonyl (C=O) groups is 7. The number of amides is 7. The number of hydrogen-bond donors (Lipinski definition) is 4. The molecule has 288 valence electrons. The van der Waals surface area contributed by atoms with E-state index < -0.39 is 78.5 Å². The zero-order valence-electron chi connectivity index (χ0n) is 30.7. The molecule has 4 fully saturated rings. The fourth-order valence-electron chi connectivity index (χ4n) is 7.89. The molecule has 7 amide bonds. The number of rotatable bonds is 6. The highest BCUT2D eigenvalue weighted by Crippen LogP contribution is 2.28. The lowest BCUT2D eigenvalue weighted by atomic mass is 9.99. The molecule has 4 N–H and O–H groups in total. The van der Waals surface area contributed by atoms with Gasteiger partial charge in [-0.25, -0.2) is 9.59 Å². The summed E-state index contributed by atoms with van der Waals surface area (Å²) in [5.74, 6) is -3.44. The number of carbonyl (C=O) groups excluding carboxylic acids is 7. The predicted octanol–water partition coefficient (Wildman–Crippen LogP) is 1.57. The molecular weight excluding hydrogens is 694 g/mol. The highest BCUT2D eigenvalue weighted by Gasteiger charge is 2.46. The van der Waals surface area contributed by atoms with Gasteiger partial charge in [0.25, 0.3) is 0 Å². The predicted molar refractivity (Wildman–Crippen MR) is 196 cm³/mol. The first-order valence-corrected chi connectivity index (χ1v) is 18.9. The molecule has 0 radical (unpaired) electrons. The molecule has 4 aliphatic heterocycles. The molecule has 2 aromatic rings. The van der Waals surface area contributed by atoms with Crippen LogP contribution in [0.4, 0.5) is 10.5 Å². The van der Waals surface area contributed by atoms with Gasteiger partial charge in [-0.2, -0.15) is 0 Å². The number of benzene rings is 2. The summed E-state index contributed by atoms with van der Waals surface area (Å²) in [4.78, 5) is 101. The van der Waals surface area contributed by atoms with E-state index in [4.69, 9.17) is 4.74 Å². The monoisotopic (exact) mass is 743 g/mol. The van der Waals surface area contributed by atoms with E-state index in [9.17, 15) is 33.6 Å². The molecule has 0 bridgehead atoms. The molecule has 7 atom stereocenters. The molecule has 4 aliphatic rings. The van der Waals surface area contributed by atoms with Crippen LogP contribution in [-0.2, 0) is 39.9 Å². The molecule has 2 aromatic carbocycles. The van der Waals surface area contributed by atoms with Crippen molar-refractivity contribution in [2.75, 3.05) is 31.6 Å². The summed E-state index contributed by atoms with van der Waals surface area (Å²) in [5, 5.41) is 11.0. The number of urea groups is 1. The summed E-state index contributed by atoms with van der Waals surface area (Å²) < 4.78 is 5.74. The van der Waals surface area contributed by atoms with Gasteiger partial charge in [-0.3, -0.25) is 24.0 Å². The second kappa shape index (κ2) is 17.1. The summed E-state index contributed by atoms with van der Waals surface area (Å²) in [6.07, 6.45) is 3.04. The number of esters is 1. The number of fused-ring (bicyclic) bond motifs is 3. The normalized spacial score (nSPS) is 27.2. The van der Waals surface area contributed by atoms with Crippen molar-refractivity contribution in [3.8, 4) is 0 Å². The molecule has 4 heterocycles. The van der Waals surface area contributed by atoms with E-state index >= 15 is 0 Å². The Kier molecular flexibility index (Phi) is 12.1. The Morgan fingerprint density at radius 1 is 0.796 bits per heavy atom. The summed E-state index contributed by atoms with van der Waals surface area (Å²) in [7, 11) is 0. The van der Waals surface area contributed by atoms with Crippen molar-refractivity contribution in [1.29, 1.82) is 0 Å². The minimum absolute atomic E-state index is 0.0442. The second-order valence-electron chi connectivity index (χ2n) is 14.7. The lowest BCUT2D eigenvalue weighted by Gasteiger charge is -2.39. The van der Waals surface area contributed by atoms with Crippen LogP contribution in [0, 0.1) is 5.92 Å². The van der Waals surface area contributed by atoms with Gasteiger partial charge < -0.3 is 40.7 Å². The minimum atomic E-state index is -1.43. The standard InChI is InChI=1S/C39H49N7O8/c1-24-20-32-38(52)54-23-29(42-33(47)28(21-26-12-5-3-6-13-26)43-39(53)41-27-14-7-4-8-15-27)36(50)45-19-11-17-31(45)37(51)44-18-10-9-16-30(44)34(48)40-25(2)35(49)46(32)22-24/h3-8,12-15,24-25,28-32H,9-11,16-23H2,1-2H3,(H,40,48)(H,42,47)(H2,41,43,53). The zero-order chi connectivity index (χ0) is 38.4. The number of hydrogen-bond acceptors (Lipinski definition) is 8. The first-order chi connectivity index (χ1) is 26.0. The Hall–Kier alpha value is -5.47. The Bertz CT molecular complexity index is 1730. The molecule has 6 rings (SSSR count). The van der Waals surface area contributed by atoms with Crippen LogP contribution >= 0.6 is 0 Å². The van der Waals surface area contributed by atoms with Gasteiger partial charge in [0, 0.05) is 31.7 Å². The van der Waals surface area contributed by atoms with Crippen LogP contribution < -0.4 is 21.3 Å². The van der Waals surface area contributed by atoms with Crippen LogP contribution in [-0.4, -0.2) is 119 Å². The quantitative estimate of drug-likeness (QED) is 0.321. The van der Waals surface area contributed by atoms with E-state index in [1.807, 2.05) is 13.0 Å². The van der Waals surface area contributed by atoms with Gasteiger partial charge >= 0.3 is 12.0 Å².